The second-order valence-corrected chi connectivity index (χ2v) is 4.81. The van der Waals surface area contributed by atoms with Crippen LogP contribution in [-0.4, -0.2) is 30.5 Å². The van der Waals surface area contributed by atoms with Crippen LogP contribution in [0.5, 0.6) is 0 Å². The molecule has 1 aliphatic rings. The zero-order valence-corrected chi connectivity index (χ0v) is 11.7. The number of hydrogen-bond donors (Lipinski definition) is 1. The molecule has 1 aliphatic heterocycles. The van der Waals surface area contributed by atoms with Crippen LogP contribution in [0.3, 0.4) is 0 Å². The van der Waals surface area contributed by atoms with E-state index in [2.05, 4.69) is 21.3 Å². The van der Waals surface area contributed by atoms with Gasteiger partial charge in [0.25, 0.3) is 0 Å². The maximum atomic E-state index is 6.13. The lowest BCUT2D eigenvalue weighted by Gasteiger charge is -2.19. The minimum absolute atomic E-state index is 0.600. The Bertz CT molecular complexity index is 483. The van der Waals surface area contributed by atoms with Gasteiger partial charge >= 0.3 is 0 Å². The van der Waals surface area contributed by atoms with Crippen LogP contribution in [0.15, 0.2) is 35.3 Å². The summed E-state index contributed by atoms with van der Waals surface area (Å²) in [6, 6.07) is 5.39. The first-order chi connectivity index (χ1) is 8.70. The summed E-state index contributed by atoms with van der Waals surface area (Å²) in [6.45, 7) is 4.60. The predicted octanol–water partition coefficient (Wildman–Crippen LogP) is 3.65. The number of halogens is 2. The molecule has 0 saturated heterocycles. The van der Waals surface area contributed by atoms with Crippen molar-refractivity contribution in [2.24, 2.45) is 4.99 Å². The van der Waals surface area contributed by atoms with Gasteiger partial charge in [-0.25, -0.2) is 0 Å². The number of aliphatic imine (C=N–C) groups is 1. The van der Waals surface area contributed by atoms with E-state index in [1.807, 2.05) is 25.1 Å². The monoisotopic (exact) mass is 283 g/mol. The summed E-state index contributed by atoms with van der Waals surface area (Å²) in [5, 5.41) is 4.48. The van der Waals surface area contributed by atoms with Gasteiger partial charge in [-0.3, -0.25) is 4.99 Å². The minimum atomic E-state index is 0.600. The van der Waals surface area contributed by atoms with Crippen molar-refractivity contribution in [3.63, 3.8) is 0 Å². The first-order valence-electron chi connectivity index (χ1n) is 5.83. The molecule has 1 heterocycles. The average molecular weight is 284 g/mol. The largest absolute Gasteiger partial charge is 0.337 e. The fourth-order valence-electron chi connectivity index (χ4n) is 1.72. The lowest BCUT2D eigenvalue weighted by molar-refractivity contribution is 0.505. The standard InChI is InChI=1S/C13H15Cl2N3/c1-2-3-7-18-8-6-16-13(18)17-12-5-4-10(14)9-11(12)15/h2-5,9H,6-8H2,1H3,(H,16,17). The number of guanidine groups is 1. The van der Waals surface area contributed by atoms with Crippen LogP contribution in [0.4, 0.5) is 5.69 Å². The van der Waals surface area contributed by atoms with Gasteiger partial charge in [0.1, 0.15) is 0 Å². The van der Waals surface area contributed by atoms with Crippen LogP contribution in [-0.2, 0) is 0 Å². The molecule has 0 unspecified atom stereocenters. The Balaban J connectivity index is 2.08. The van der Waals surface area contributed by atoms with E-state index >= 15 is 0 Å². The van der Waals surface area contributed by atoms with Crippen molar-refractivity contribution >= 4 is 34.8 Å². The molecule has 0 aromatic heterocycles. The molecule has 0 bridgehead atoms. The number of nitrogens with zero attached hydrogens (tertiary/aromatic N) is 2. The van der Waals surface area contributed by atoms with Crippen LogP contribution in [0.1, 0.15) is 6.92 Å². The molecule has 0 radical (unpaired) electrons. The van der Waals surface area contributed by atoms with Crippen LogP contribution in [0, 0.1) is 0 Å². The van der Waals surface area contributed by atoms with Crippen molar-refractivity contribution in [3.8, 4) is 0 Å². The fraction of sp³-hybridized carbons (Fsp3) is 0.308. The molecule has 3 nitrogen and oxygen atoms in total. The van der Waals surface area contributed by atoms with Gasteiger partial charge in [0.2, 0.25) is 0 Å². The predicted molar refractivity (Wildman–Crippen MR) is 78.8 cm³/mol. The van der Waals surface area contributed by atoms with E-state index in [-0.39, 0.29) is 0 Å². The second-order valence-electron chi connectivity index (χ2n) is 3.97. The van der Waals surface area contributed by atoms with Gasteiger partial charge in [0.05, 0.1) is 17.3 Å². The number of hydrogen-bond acceptors (Lipinski definition) is 3. The summed E-state index contributed by atoms with van der Waals surface area (Å²) >= 11 is 12.0. The van der Waals surface area contributed by atoms with Gasteiger partial charge in [0, 0.05) is 18.1 Å². The van der Waals surface area contributed by atoms with Crippen molar-refractivity contribution in [1.29, 1.82) is 0 Å². The van der Waals surface area contributed by atoms with E-state index in [1.54, 1.807) is 6.07 Å². The smallest absolute Gasteiger partial charge is 0.198 e. The fourth-order valence-corrected chi connectivity index (χ4v) is 2.18. The number of benzene rings is 1. The molecule has 1 N–H and O–H groups in total. The molecular weight excluding hydrogens is 269 g/mol. The molecule has 2 rings (SSSR count). The SMILES string of the molecule is CC=CCN1CCN=C1Nc1ccc(Cl)cc1Cl. The van der Waals surface area contributed by atoms with Crippen molar-refractivity contribution < 1.29 is 0 Å². The third-order valence-corrected chi connectivity index (χ3v) is 3.22. The molecule has 18 heavy (non-hydrogen) atoms. The van der Waals surface area contributed by atoms with Crippen molar-refractivity contribution in [3.05, 3.63) is 40.4 Å². The van der Waals surface area contributed by atoms with Gasteiger partial charge in [-0.1, -0.05) is 35.4 Å². The van der Waals surface area contributed by atoms with Crippen LogP contribution in [0.2, 0.25) is 10.0 Å². The Labute approximate surface area is 117 Å². The maximum Gasteiger partial charge on any atom is 0.198 e. The van der Waals surface area contributed by atoms with Crippen molar-refractivity contribution in [1.82, 2.24) is 4.90 Å². The summed E-state index contributed by atoms with van der Waals surface area (Å²) < 4.78 is 0. The van der Waals surface area contributed by atoms with E-state index in [1.165, 1.54) is 0 Å². The summed E-state index contributed by atoms with van der Waals surface area (Å²) in [7, 11) is 0. The van der Waals surface area contributed by atoms with Gasteiger partial charge < -0.3 is 10.2 Å². The summed E-state index contributed by atoms with van der Waals surface area (Å²) in [5.41, 5.74) is 0.826. The minimum Gasteiger partial charge on any atom is -0.337 e. The van der Waals surface area contributed by atoms with Gasteiger partial charge in [-0.05, 0) is 25.1 Å². The number of nitrogens with one attached hydrogen (secondary N) is 1. The molecule has 1 aromatic carbocycles. The lowest BCUT2D eigenvalue weighted by Crippen LogP contribution is -2.33. The average Bonchev–Trinajstić information content (AvgIpc) is 2.77. The summed E-state index contributed by atoms with van der Waals surface area (Å²) in [5.74, 6) is 0.859. The third kappa shape index (κ3) is 3.18. The quantitative estimate of drug-likeness (QED) is 0.858. The Kier molecular flexibility index (Phi) is 4.50. The van der Waals surface area contributed by atoms with Crippen LogP contribution in [0.25, 0.3) is 0 Å². The Hall–Kier alpha value is -1.19. The summed E-state index contributed by atoms with van der Waals surface area (Å²) in [6.07, 6.45) is 4.14. The lowest BCUT2D eigenvalue weighted by atomic mass is 10.3. The molecule has 0 amide bonds. The number of rotatable bonds is 3. The molecule has 0 aliphatic carbocycles. The number of anilines is 1. The molecule has 96 valence electrons. The highest BCUT2D eigenvalue weighted by molar-refractivity contribution is 6.36. The van der Waals surface area contributed by atoms with Crippen LogP contribution >= 0.6 is 23.2 Å². The molecular formula is C13H15Cl2N3. The first-order valence-corrected chi connectivity index (χ1v) is 6.59. The van der Waals surface area contributed by atoms with E-state index in [0.29, 0.717) is 10.0 Å². The van der Waals surface area contributed by atoms with Crippen molar-refractivity contribution in [2.45, 2.75) is 6.92 Å². The highest BCUT2D eigenvalue weighted by atomic mass is 35.5. The first kappa shape index (κ1) is 13.2. The number of allylic oxidation sites excluding steroid dienone is 1. The molecule has 0 saturated carbocycles. The summed E-state index contributed by atoms with van der Waals surface area (Å²) in [4.78, 5) is 6.61. The maximum absolute atomic E-state index is 6.13. The Morgan fingerprint density at radius 2 is 2.28 bits per heavy atom. The van der Waals surface area contributed by atoms with Gasteiger partial charge in [-0.2, -0.15) is 0 Å². The normalized spacial score (nSPS) is 15.3. The molecule has 0 spiro atoms. The topological polar surface area (TPSA) is 27.6 Å². The third-order valence-electron chi connectivity index (χ3n) is 2.67. The highest BCUT2D eigenvalue weighted by Crippen LogP contribution is 2.25. The molecule has 1 aromatic rings. The van der Waals surface area contributed by atoms with Crippen LogP contribution < -0.4 is 5.32 Å². The van der Waals surface area contributed by atoms with Gasteiger partial charge in [0.15, 0.2) is 5.96 Å². The van der Waals surface area contributed by atoms with E-state index < -0.39 is 0 Å². The van der Waals surface area contributed by atoms with E-state index in [9.17, 15) is 0 Å². The zero-order valence-electron chi connectivity index (χ0n) is 10.2. The zero-order chi connectivity index (χ0) is 13.0. The highest BCUT2D eigenvalue weighted by Gasteiger charge is 2.16. The molecule has 5 heteroatoms. The van der Waals surface area contributed by atoms with E-state index in [4.69, 9.17) is 23.2 Å². The second kappa shape index (κ2) is 6.12. The van der Waals surface area contributed by atoms with E-state index in [0.717, 1.165) is 31.3 Å². The van der Waals surface area contributed by atoms with Gasteiger partial charge in [-0.15, -0.1) is 0 Å². The molecule has 0 fully saturated rings. The Morgan fingerprint density at radius 3 is 3.00 bits per heavy atom. The van der Waals surface area contributed by atoms with Crippen molar-refractivity contribution in [2.75, 3.05) is 25.0 Å². The molecule has 0 atom stereocenters. The Morgan fingerprint density at radius 1 is 1.44 bits per heavy atom.